The van der Waals surface area contributed by atoms with E-state index in [2.05, 4.69) is 16.3 Å². The number of carbonyl (C=O) groups excluding carboxylic acids is 1. The molecule has 4 nitrogen and oxygen atoms in total. The van der Waals surface area contributed by atoms with Crippen LogP contribution in [0, 0.1) is 11.8 Å². The number of carbonyl (C=O) groups is 1. The molecule has 1 amide bonds. The van der Waals surface area contributed by atoms with Gasteiger partial charge in [0.05, 0.1) is 12.8 Å². The third-order valence-corrected chi connectivity index (χ3v) is 4.94. The summed E-state index contributed by atoms with van der Waals surface area (Å²) in [4.78, 5) is 14.7. The highest BCUT2D eigenvalue weighted by Gasteiger charge is 2.50. The smallest absolute Gasteiger partial charge is 0.247 e. The van der Waals surface area contributed by atoms with Crippen molar-refractivity contribution in [1.82, 2.24) is 0 Å². The van der Waals surface area contributed by atoms with Crippen molar-refractivity contribution in [3.63, 3.8) is 0 Å². The second-order valence-electron chi connectivity index (χ2n) is 5.80. The lowest BCUT2D eigenvalue weighted by Crippen LogP contribution is -2.46. The topological polar surface area (TPSA) is 41.6 Å². The summed E-state index contributed by atoms with van der Waals surface area (Å²) >= 11 is 0. The first kappa shape index (κ1) is 11.1. The van der Waals surface area contributed by atoms with Crippen molar-refractivity contribution in [2.75, 3.05) is 23.9 Å². The third kappa shape index (κ3) is 1.43. The lowest BCUT2D eigenvalue weighted by atomic mass is 9.92. The van der Waals surface area contributed by atoms with Gasteiger partial charge in [0.1, 0.15) is 17.5 Å². The van der Waals surface area contributed by atoms with Gasteiger partial charge in [0, 0.05) is 6.54 Å². The van der Waals surface area contributed by atoms with Crippen molar-refractivity contribution >= 4 is 17.3 Å². The number of rotatable bonds is 1. The Morgan fingerprint density at radius 2 is 2.26 bits per heavy atom. The van der Waals surface area contributed by atoms with Crippen LogP contribution < -0.4 is 15.0 Å². The molecule has 3 aliphatic rings. The van der Waals surface area contributed by atoms with Crippen LogP contribution in [0.1, 0.15) is 19.3 Å². The summed E-state index contributed by atoms with van der Waals surface area (Å²) in [6, 6.07) is 6.02. The molecule has 1 aromatic rings. The second kappa shape index (κ2) is 3.89. The lowest BCUT2D eigenvalue weighted by molar-refractivity contribution is -0.118. The van der Waals surface area contributed by atoms with Crippen LogP contribution in [0.3, 0.4) is 0 Å². The number of methoxy groups -OCH3 is 1. The van der Waals surface area contributed by atoms with Gasteiger partial charge in [-0.15, -0.1) is 0 Å². The summed E-state index contributed by atoms with van der Waals surface area (Å²) in [5.41, 5.74) is 1.96. The molecule has 2 heterocycles. The minimum absolute atomic E-state index is 0.0344. The Hall–Kier alpha value is -1.71. The van der Waals surface area contributed by atoms with Gasteiger partial charge in [0.2, 0.25) is 5.91 Å². The van der Waals surface area contributed by atoms with Crippen LogP contribution >= 0.6 is 0 Å². The van der Waals surface area contributed by atoms with E-state index in [4.69, 9.17) is 4.74 Å². The fraction of sp³-hybridized carbons (Fsp3) is 0.533. The summed E-state index contributed by atoms with van der Waals surface area (Å²) in [5.74, 6) is 2.13. The molecule has 2 fully saturated rings. The van der Waals surface area contributed by atoms with Crippen LogP contribution in [0.2, 0.25) is 0 Å². The number of amides is 1. The van der Waals surface area contributed by atoms with Gasteiger partial charge in [-0.25, -0.2) is 0 Å². The van der Waals surface area contributed by atoms with Crippen molar-refractivity contribution < 1.29 is 9.53 Å². The zero-order valence-electron chi connectivity index (χ0n) is 11.1. The Morgan fingerprint density at radius 3 is 3.11 bits per heavy atom. The molecule has 1 N–H and O–H groups in total. The van der Waals surface area contributed by atoms with E-state index in [1.807, 2.05) is 12.1 Å². The second-order valence-corrected chi connectivity index (χ2v) is 5.80. The molecule has 1 aromatic carbocycles. The summed E-state index contributed by atoms with van der Waals surface area (Å²) in [7, 11) is 1.65. The van der Waals surface area contributed by atoms with Crippen LogP contribution in [0.4, 0.5) is 11.4 Å². The van der Waals surface area contributed by atoms with Crippen molar-refractivity contribution in [3.05, 3.63) is 18.2 Å². The van der Waals surface area contributed by atoms with Gasteiger partial charge >= 0.3 is 0 Å². The van der Waals surface area contributed by atoms with Gasteiger partial charge in [-0.1, -0.05) is 12.5 Å². The molecule has 100 valence electrons. The minimum Gasteiger partial charge on any atom is -0.494 e. The molecule has 1 aliphatic carbocycles. The first-order chi connectivity index (χ1) is 9.29. The highest BCUT2D eigenvalue weighted by atomic mass is 16.5. The molecule has 0 radical (unpaired) electrons. The molecular formula is C15H18N2O2. The van der Waals surface area contributed by atoms with Crippen LogP contribution in [0.25, 0.3) is 0 Å². The number of para-hydroxylation sites is 1. The van der Waals surface area contributed by atoms with Gasteiger partial charge in [-0.2, -0.15) is 0 Å². The highest BCUT2D eigenvalue weighted by Crippen LogP contribution is 2.49. The first-order valence-corrected chi connectivity index (χ1v) is 7.04. The number of ether oxygens (including phenoxy) is 1. The largest absolute Gasteiger partial charge is 0.494 e. The van der Waals surface area contributed by atoms with Crippen LogP contribution in [0.5, 0.6) is 5.75 Å². The predicted molar refractivity (Wildman–Crippen MR) is 73.6 cm³/mol. The Balaban J connectivity index is 1.81. The average molecular weight is 258 g/mol. The Morgan fingerprint density at radius 1 is 1.37 bits per heavy atom. The standard InChI is InChI=1S/C15H18N2O2/c1-19-12-7-3-6-11-13(12)16-15(18)14-10-5-2-4-9(10)8-17(11)14/h3,6-7,9-10,14H,2,4-5,8H2,1H3,(H,16,18). The maximum absolute atomic E-state index is 12.4. The van der Waals surface area contributed by atoms with Gasteiger partial charge in [-0.3, -0.25) is 4.79 Å². The Labute approximate surface area is 112 Å². The zero-order chi connectivity index (χ0) is 13.0. The van der Waals surface area contributed by atoms with Gasteiger partial charge in [0.25, 0.3) is 0 Å². The SMILES string of the molecule is COc1cccc2c1NC(=O)C1C3CCCC3CN21. The summed E-state index contributed by atoms with van der Waals surface area (Å²) in [6.45, 7) is 1.02. The monoisotopic (exact) mass is 258 g/mol. The number of hydrogen-bond acceptors (Lipinski definition) is 3. The normalized spacial score (nSPS) is 31.5. The number of benzene rings is 1. The fourth-order valence-electron chi connectivity index (χ4n) is 4.14. The van der Waals surface area contributed by atoms with E-state index in [-0.39, 0.29) is 11.9 Å². The van der Waals surface area contributed by atoms with Crippen molar-refractivity contribution in [3.8, 4) is 5.75 Å². The van der Waals surface area contributed by atoms with E-state index in [9.17, 15) is 4.79 Å². The summed E-state index contributed by atoms with van der Waals surface area (Å²) < 4.78 is 5.36. The van der Waals surface area contributed by atoms with Crippen LogP contribution in [-0.2, 0) is 4.79 Å². The number of fused-ring (bicyclic) bond motifs is 5. The molecule has 0 bridgehead atoms. The first-order valence-electron chi connectivity index (χ1n) is 7.04. The lowest BCUT2D eigenvalue weighted by Gasteiger charge is -2.35. The maximum Gasteiger partial charge on any atom is 0.247 e. The molecule has 4 rings (SSSR count). The Bertz CT molecular complexity index is 543. The summed E-state index contributed by atoms with van der Waals surface area (Å²) in [6.07, 6.45) is 3.74. The number of anilines is 2. The fourth-order valence-corrected chi connectivity index (χ4v) is 4.14. The molecule has 3 unspecified atom stereocenters. The molecule has 2 aliphatic heterocycles. The van der Waals surface area contributed by atoms with Crippen molar-refractivity contribution in [1.29, 1.82) is 0 Å². The number of nitrogens with one attached hydrogen (secondary N) is 1. The number of hydrogen-bond donors (Lipinski definition) is 1. The van der Waals surface area contributed by atoms with E-state index in [0.29, 0.717) is 11.8 Å². The molecule has 0 aromatic heterocycles. The van der Waals surface area contributed by atoms with Gasteiger partial charge in [-0.05, 0) is 36.8 Å². The Kier molecular flexibility index (Phi) is 2.28. The predicted octanol–water partition coefficient (Wildman–Crippen LogP) is 2.25. The van der Waals surface area contributed by atoms with Gasteiger partial charge < -0.3 is 15.0 Å². The van der Waals surface area contributed by atoms with E-state index in [0.717, 1.165) is 23.7 Å². The van der Waals surface area contributed by atoms with Crippen molar-refractivity contribution in [2.45, 2.75) is 25.3 Å². The molecular weight excluding hydrogens is 240 g/mol. The van der Waals surface area contributed by atoms with E-state index >= 15 is 0 Å². The molecule has 19 heavy (non-hydrogen) atoms. The maximum atomic E-state index is 12.4. The molecule has 0 spiro atoms. The van der Waals surface area contributed by atoms with E-state index in [1.165, 1.54) is 19.3 Å². The van der Waals surface area contributed by atoms with Crippen LogP contribution in [0.15, 0.2) is 18.2 Å². The molecule has 1 saturated heterocycles. The zero-order valence-corrected chi connectivity index (χ0v) is 11.1. The highest BCUT2D eigenvalue weighted by molar-refractivity contribution is 6.06. The van der Waals surface area contributed by atoms with Crippen LogP contribution in [-0.4, -0.2) is 25.6 Å². The third-order valence-electron chi connectivity index (χ3n) is 4.94. The van der Waals surface area contributed by atoms with E-state index < -0.39 is 0 Å². The van der Waals surface area contributed by atoms with E-state index in [1.54, 1.807) is 7.11 Å². The van der Waals surface area contributed by atoms with Crippen molar-refractivity contribution in [2.24, 2.45) is 11.8 Å². The molecule has 3 atom stereocenters. The molecule has 1 saturated carbocycles. The minimum atomic E-state index is 0.0344. The summed E-state index contributed by atoms with van der Waals surface area (Å²) in [5, 5.41) is 3.06. The van der Waals surface area contributed by atoms with Gasteiger partial charge in [0.15, 0.2) is 0 Å². The quantitative estimate of drug-likeness (QED) is 0.840. The average Bonchev–Trinajstić information content (AvgIpc) is 2.98. The number of nitrogens with zero attached hydrogens (tertiary/aromatic N) is 1. The molecule has 4 heteroatoms.